The second-order valence-electron chi connectivity index (χ2n) is 8.60. The lowest BCUT2D eigenvalue weighted by atomic mass is 9.94. The molecule has 7 heteroatoms. The first-order valence-corrected chi connectivity index (χ1v) is 11.9. The molecule has 4 rings (SSSR count). The summed E-state index contributed by atoms with van der Waals surface area (Å²) in [5.74, 6) is -0.221. The summed E-state index contributed by atoms with van der Waals surface area (Å²) in [5, 5.41) is 0. The Morgan fingerprint density at radius 2 is 1.77 bits per heavy atom. The highest BCUT2D eigenvalue weighted by Crippen LogP contribution is 2.32. The van der Waals surface area contributed by atoms with Crippen molar-refractivity contribution in [1.29, 1.82) is 0 Å². The monoisotopic (exact) mass is 430 g/mol. The number of rotatable bonds is 3. The average molecular weight is 431 g/mol. The number of nitrogens with zero attached hydrogens (tertiary/aromatic N) is 2. The van der Waals surface area contributed by atoms with Crippen LogP contribution in [0.5, 0.6) is 0 Å². The lowest BCUT2D eigenvalue weighted by Crippen LogP contribution is -2.42. The Bertz CT molecular complexity index is 1060. The third-order valence-corrected chi connectivity index (χ3v) is 7.80. The molecule has 2 aliphatic heterocycles. The quantitative estimate of drug-likeness (QED) is 0.737. The van der Waals surface area contributed by atoms with Gasteiger partial charge >= 0.3 is 0 Å². The molecule has 1 fully saturated rings. The van der Waals surface area contributed by atoms with Crippen LogP contribution in [0.1, 0.15) is 42.6 Å². The van der Waals surface area contributed by atoms with Crippen LogP contribution < -0.4 is 4.90 Å². The Labute approximate surface area is 177 Å². The van der Waals surface area contributed by atoms with Gasteiger partial charge in [-0.05, 0) is 60.9 Å². The van der Waals surface area contributed by atoms with E-state index in [2.05, 4.69) is 13.8 Å². The maximum atomic E-state index is 14.5. The molecule has 30 heavy (non-hydrogen) atoms. The molecule has 2 atom stereocenters. The first-order chi connectivity index (χ1) is 14.3. The van der Waals surface area contributed by atoms with Crippen molar-refractivity contribution in [3.05, 3.63) is 59.4 Å². The predicted molar refractivity (Wildman–Crippen MR) is 115 cm³/mol. The number of hydrogen-bond donors (Lipinski definition) is 0. The van der Waals surface area contributed by atoms with Crippen LogP contribution in [0, 0.1) is 17.7 Å². The Hall–Kier alpha value is -2.25. The maximum absolute atomic E-state index is 14.5. The molecule has 2 aromatic rings. The number of piperidine rings is 1. The fraction of sp³-hybridized carbons (Fsp3) is 0.435. The van der Waals surface area contributed by atoms with Crippen molar-refractivity contribution in [3.63, 3.8) is 0 Å². The van der Waals surface area contributed by atoms with E-state index >= 15 is 0 Å². The molecule has 0 spiro atoms. The average Bonchev–Trinajstić information content (AvgIpc) is 2.72. The number of para-hydroxylation sites is 1. The Balaban J connectivity index is 1.66. The number of anilines is 1. The first kappa shape index (κ1) is 21.0. The van der Waals surface area contributed by atoms with E-state index in [-0.39, 0.29) is 16.4 Å². The number of sulfonamides is 1. The Morgan fingerprint density at radius 3 is 2.50 bits per heavy atom. The molecule has 2 unspecified atom stereocenters. The maximum Gasteiger partial charge on any atom is 0.258 e. The Morgan fingerprint density at radius 1 is 1.07 bits per heavy atom. The van der Waals surface area contributed by atoms with E-state index in [0.717, 1.165) is 24.8 Å². The van der Waals surface area contributed by atoms with E-state index in [1.54, 1.807) is 18.2 Å². The van der Waals surface area contributed by atoms with Gasteiger partial charge in [-0.2, -0.15) is 4.31 Å². The van der Waals surface area contributed by atoms with E-state index in [1.165, 1.54) is 27.4 Å². The molecule has 2 aromatic carbocycles. The number of aryl methyl sites for hydroxylation is 1. The van der Waals surface area contributed by atoms with E-state index in [9.17, 15) is 17.6 Å². The molecule has 2 aliphatic rings. The smallest absolute Gasteiger partial charge is 0.258 e. The summed E-state index contributed by atoms with van der Waals surface area (Å²) < 4.78 is 42.5. The molecule has 5 nitrogen and oxygen atoms in total. The SMILES string of the molecule is CC1CC(C)CN(S(=O)(=O)c2cccc(C(=O)N3CCCc4cccc(F)c43)c2)C1. The van der Waals surface area contributed by atoms with E-state index in [4.69, 9.17) is 0 Å². The minimum absolute atomic E-state index is 0.111. The van der Waals surface area contributed by atoms with Crippen LogP contribution in [0.2, 0.25) is 0 Å². The molecular weight excluding hydrogens is 403 g/mol. The van der Waals surface area contributed by atoms with Gasteiger partial charge in [0, 0.05) is 25.2 Å². The minimum atomic E-state index is -3.69. The van der Waals surface area contributed by atoms with Gasteiger partial charge in [0.1, 0.15) is 5.82 Å². The Kier molecular flexibility index (Phi) is 5.68. The largest absolute Gasteiger partial charge is 0.305 e. The molecule has 0 aromatic heterocycles. The highest BCUT2D eigenvalue weighted by atomic mass is 32.2. The third-order valence-electron chi connectivity index (χ3n) is 5.97. The lowest BCUT2D eigenvalue weighted by molar-refractivity contribution is 0.0984. The van der Waals surface area contributed by atoms with Gasteiger partial charge in [0.05, 0.1) is 10.6 Å². The highest BCUT2D eigenvalue weighted by molar-refractivity contribution is 7.89. The summed E-state index contributed by atoms with van der Waals surface area (Å²) in [4.78, 5) is 14.8. The third kappa shape index (κ3) is 3.88. The number of halogens is 1. The number of carbonyl (C=O) groups excluding carboxylic acids is 1. The zero-order valence-electron chi connectivity index (χ0n) is 17.3. The lowest BCUT2D eigenvalue weighted by Gasteiger charge is -2.34. The molecule has 160 valence electrons. The summed E-state index contributed by atoms with van der Waals surface area (Å²) in [6.45, 7) is 5.48. The minimum Gasteiger partial charge on any atom is -0.305 e. The molecule has 0 saturated carbocycles. The van der Waals surface area contributed by atoms with Crippen LogP contribution in [0.25, 0.3) is 0 Å². The van der Waals surface area contributed by atoms with Crippen molar-refractivity contribution in [2.24, 2.45) is 11.8 Å². The van der Waals surface area contributed by atoms with E-state index in [1.807, 2.05) is 6.07 Å². The normalized spacial score (nSPS) is 22.6. The summed E-state index contributed by atoms with van der Waals surface area (Å²) in [6, 6.07) is 11.0. The van der Waals surface area contributed by atoms with Crippen molar-refractivity contribution in [2.75, 3.05) is 24.5 Å². The summed E-state index contributed by atoms with van der Waals surface area (Å²) >= 11 is 0. The van der Waals surface area contributed by atoms with Crippen molar-refractivity contribution < 1.29 is 17.6 Å². The van der Waals surface area contributed by atoms with Gasteiger partial charge in [-0.3, -0.25) is 4.79 Å². The van der Waals surface area contributed by atoms with Gasteiger partial charge in [0.15, 0.2) is 0 Å². The van der Waals surface area contributed by atoms with Crippen LogP contribution in [0.15, 0.2) is 47.4 Å². The predicted octanol–water partition coefficient (Wildman–Crippen LogP) is 4.09. The molecule has 0 bridgehead atoms. The van der Waals surface area contributed by atoms with Crippen molar-refractivity contribution in [3.8, 4) is 0 Å². The van der Waals surface area contributed by atoms with Gasteiger partial charge in [-0.15, -0.1) is 0 Å². The van der Waals surface area contributed by atoms with Crippen molar-refractivity contribution in [2.45, 2.75) is 38.0 Å². The summed E-state index contributed by atoms with van der Waals surface area (Å²) in [5.41, 5.74) is 1.36. The molecular formula is C23H27FN2O3S. The van der Waals surface area contributed by atoms with Crippen LogP contribution in [0.3, 0.4) is 0 Å². The second kappa shape index (κ2) is 8.12. The van der Waals surface area contributed by atoms with Gasteiger partial charge in [0.2, 0.25) is 10.0 Å². The molecule has 1 amide bonds. The topological polar surface area (TPSA) is 57.7 Å². The van der Waals surface area contributed by atoms with Gasteiger partial charge in [-0.25, -0.2) is 12.8 Å². The first-order valence-electron chi connectivity index (χ1n) is 10.5. The molecule has 1 saturated heterocycles. The van der Waals surface area contributed by atoms with Crippen LogP contribution in [-0.4, -0.2) is 38.3 Å². The van der Waals surface area contributed by atoms with Crippen molar-refractivity contribution in [1.82, 2.24) is 4.31 Å². The van der Waals surface area contributed by atoms with Gasteiger partial charge in [0.25, 0.3) is 5.91 Å². The number of fused-ring (bicyclic) bond motifs is 1. The number of carbonyl (C=O) groups is 1. The second-order valence-corrected chi connectivity index (χ2v) is 10.5. The van der Waals surface area contributed by atoms with Gasteiger partial charge < -0.3 is 4.90 Å². The van der Waals surface area contributed by atoms with Crippen LogP contribution >= 0.6 is 0 Å². The number of hydrogen-bond acceptors (Lipinski definition) is 3. The van der Waals surface area contributed by atoms with Crippen LogP contribution in [0.4, 0.5) is 10.1 Å². The fourth-order valence-corrected chi connectivity index (χ4v) is 6.43. The zero-order valence-corrected chi connectivity index (χ0v) is 18.2. The van der Waals surface area contributed by atoms with E-state index in [0.29, 0.717) is 37.2 Å². The molecule has 0 N–H and O–H groups in total. The molecule has 0 radical (unpaired) electrons. The van der Waals surface area contributed by atoms with Crippen LogP contribution in [-0.2, 0) is 16.4 Å². The molecule has 2 heterocycles. The summed E-state index contributed by atoms with van der Waals surface area (Å²) in [7, 11) is -3.69. The molecule has 0 aliphatic carbocycles. The van der Waals surface area contributed by atoms with E-state index < -0.39 is 15.8 Å². The summed E-state index contributed by atoms with van der Waals surface area (Å²) in [6.07, 6.45) is 2.46. The fourth-order valence-electron chi connectivity index (χ4n) is 4.70. The standard InChI is InChI=1S/C23H27FN2O3S/c1-16-12-17(2)15-25(14-16)30(28,29)20-9-3-7-19(13-20)23(27)26-11-5-8-18-6-4-10-21(24)22(18)26/h3-4,6-7,9-10,13,16-17H,5,8,11-12,14-15H2,1-2H3. The van der Waals surface area contributed by atoms with Crippen molar-refractivity contribution >= 4 is 21.6 Å². The number of benzene rings is 2. The highest BCUT2D eigenvalue weighted by Gasteiger charge is 2.33. The number of amides is 1. The van der Waals surface area contributed by atoms with Gasteiger partial charge in [-0.1, -0.05) is 32.0 Å². The zero-order chi connectivity index (χ0) is 21.5.